The van der Waals surface area contributed by atoms with Crippen LogP contribution in [0.3, 0.4) is 0 Å². The van der Waals surface area contributed by atoms with Gasteiger partial charge in [-0.25, -0.2) is 0 Å². The van der Waals surface area contributed by atoms with Crippen molar-refractivity contribution in [3.05, 3.63) is 66.2 Å². The van der Waals surface area contributed by atoms with Gasteiger partial charge in [-0.3, -0.25) is 0 Å². The van der Waals surface area contributed by atoms with Crippen molar-refractivity contribution in [1.29, 1.82) is 0 Å². The summed E-state index contributed by atoms with van der Waals surface area (Å²) < 4.78 is 10.7. The monoisotopic (exact) mass is 270 g/mol. The van der Waals surface area contributed by atoms with E-state index in [-0.39, 0.29) is 0 Å². The van der Waals surface area contributed by atoms with Crippen molar-refractivity contribution in [2.45, 2.75) is 12.7 Å². The second-order valence-corrected chi connectivity index (χ2v) is 4.37. The molecule has 0 aromatic heterocycles. The van der Waals surface area contributed by atoms with Crippen LogP contribution in [-0.4, -0.2) is 18.5 Å². The van der Waals surface area contributed by atoms with Crippen LogP contribution in [0.4, 0.5) is 0 Å². The van der Waals surface area contributed by atoms with E-state index in [0.29, 0.717) is 12.2 Å². The van der Waals surface area contributed by atoms with Gasteiger partial charge in [0.15, 0.2) is 0 Å². The van der Waals surface area contributed by atoms with Gasteiger partial charge >= 0.3 is 0 Å². The SMILES string of the molecule is C=Cc1cc(OC)ccc1O[C@H](O)Cc1ccccc1. The van der Waals surface area contributed by atoms with Gasteiger partial charge in [0.2, 0.25) is 6.29 Å². The van der Waals surface area contributed by atoms with Gasteiger partial charge in [0, 0.05) is 12.0 Å². The van der Waals surface area contributed by atoms with Gasteiger partial charge in [0.1, 0.15) is 11.5 Å². The molecule has 0 heterocycles. The first-order valence-electron chi connectivity index (χ1n) is 6.42. The zero-order valence-corrected chi connectivity index (χ0v) is 11.5. The van der Waals surface area contributed by atoms with Gasteiger partial charge in [-0.15, -0.1) is 0 Å². The number of methoxy groups -OCH3 is 1. The molecule has 1 atom stereocenters. The fourth-order valence-electron chi connectivity index (χ4n) is 1.92. The molecule has 0 radical (unpaired) electrons. The minimum absolute atomic E-state index is 0.434. The van der Waals surface area contributed by atoms with Crippen LogP contribution in [-0.2, 0) is 6.42 Å². The third-order valence-electron chi connectivity index (χ3n) is 2.95. The van der Waals surface area contributed by atoms with E-state index in [9.17, 15) is 5.11 Å². The molecule has 0 bridgehead atoms. The molecule has 20 heavy (non-hydrogen) atoms. The summed E-state index contributed by atoms with van der Waals surface area (Å²) in [4.78, 5) is 0. The van der Waals surface area contributed by atoms with Crippen molar-refractivity contribution in [3.63, 3.8) is 0 Å². The van der Waals surface area contributed by atoms with Crippen molar-refractivity contribution in [2.24, 2.45) is 0 Å². The largest absolute Gasteiger partial charge is 0.497 e. The third kappa shape index (κ3) is 3.62. The smallest absolute Gasteiger partial charge is 0.201 e. The fraction of sp³-hybridized carbons (Fsp3) is 0.176. The topological polar surface area (TPSA) is 38.7 Å². The summed E-state index contributed by atoms with van der Waals surface area (Å²) in [6.45, 7) is 3.74. The van der Waals surface area contributed by atoms with Crippen LogP contribution in [0, 0.1) is 0 Å². The number of ether oxygens (including phenoxy) is 2. The fourth-order valence-corrected chi connectivity index (χ4v) is 1.92. The average Bonchev–Trinajstić information content (AvgIpc) is 2.48. The highest BCUT2D eigenvalue weighted by molar-refractivity contribution is 5.58. The van der Waals surface area contributed by atoms with Crippen LogP contribution in [0.2, 0.25) is 0 Å². The van der Waals surface area contributed by atoms with E-state index in [0.717, 1.165) is 16.9 Å². The van der Waals surface area contributed by atoms with E-state index < -0.39 is 6.29 Å². The summed E-state index contributed by atoms with van der Waals surface area (Å²) in [6.07, 6.45) is 1.21. The molecule has 0 aliphatic heterocycles. The van der Waals surface area contributed by atoms with Crippen molar-refractivity contribution < 1.29 is 14.6 Å². The number of aliphatic hydroxyl groups excluding tert-OH is 1. The standard InChI is InChI=1S/C17H18O3/c1-3-14-12-15(19-2)9-10-16(14)20-17(18)11-13-7-5-4-6-8-13/h3-10,12,17-18H,1,11H2,2H3/t17-/m0/s1. The van der Waals surface area contributed by atoms with E-state index >= 15 is 0 Å². The molecule has 1 N–H and O–H groups in total. The van der Waals surface area contributed by atoms with Gasteiger partial charge in [0.25, 0.3) is 0 Å². The molecular formula is C17H18O3. The van der Waals surface area contributed by atoms with Crippen molar-refractivity contribution in [3.8, 4) is 11.5 Å². The molecule has 0 amide bonds. The summed E-state index contributed by atoms with van der Waals surface area (Å²) in [5, 5.41) is 10.0. The van der Waals surface area contributed by atoms with E-state index in [1.165, 1.54) is 0 Å². The first-order chi connectivity index (χ1) is 9.72. The van der Waals surface area contributed by atoms with Crippen LogP contribution in [0.25, 0.3) is 6.08 Å². The normalized spacial score (nSPS) is 11.7. The zero-order valence-electron chi connectivity index (χ0n) is 11.5. The third-order valence-corrected chi connectivity index (χ3v) is 2.95. The Morgan fingerprint density at radius 2 is 1.95 bits per heavy atom. The van der Waals surface area contributed by atoms with Gasteiger partial charge in [0.05, 0.1) is 7.11 Å². The van der Waals surface area contributed by atoms with Crippen molar-refractivity contribution in [1.82, 2.24) is 0 Å². The van der Waals surface area contributed by atoms with Crippen molar-refractivity contribution >= 4 is 6.08 Å². The lowest BCUT2D eigenvalue weighted by molar-refractivity contribution is -0.0160. The predicted molar refractivity (Wildman–Crippen MR) is 79.9 cm³/mol. The Morgan fingerprint density at radius 3 is 2.60 bits per heavy atom. The number of hydrogen-bond donors (Lipinski definition) is 1. The molecule has 0 saturated carbocycles. The molecule has 0 unspecified atom stereocenters. The second kappa shape index (κ2) is 6.78. The first kappa shape index (κ1) is 14.2. The molecule has 104 valence electrons. The molecule has 3 heteroatoms. The summed E-state index contributed by atoms with van der Waals surface area (Å²) in [6, 6.07) is 15.1. The minimum Gasteiger partial charge on any atom is -0.497 e. The summed E-state index contributed by atoms with van der Waals surface area (Å²) in [5.74, 6) is 1.31. The van der Waals surface area contributed by atoms with E-state index in [1.54, 1.807) is 25.3 Å². The summed E-state index contributed by atoms with van der Waals surface area (Å²) >= 11 is 0. The maximum absolute atomic E-state index is 10.0. The number of aliphatic hydroxyl groups is 1. The lowest BCUT2D eigenvalue weighted by Crippen LogP contribution is -2.19. The summed E-state index contributed by atoms with van der Waals surface area (Å²) in [5.41, 5.74) is 1.81. The Bertz CT molecular complexity index is 564. The molecule has 0 saturated heterocycles. The highest BCUT2D eigenvalue weighted by Gasteiger charge is 2.10. The van der Waals surface area contributed by atoms with Crippen LogP contribution in [0.1, 0.15) is 11.1 Å². The Morgan fingerprint density at radius 1 is 1.20 bits per heavy atom. The molecule has 0 aliphatic rings. The lowest BCUT2D eigenvalue weighted by Gasteiger charge is -2.16. The Kier molecular flexibility index (Phi) is 4.80. The lowest BCUT2D eigenvalue weighted by atomic mass is 10.1. The van der Waals surface area contributed by atoms with Crippen molar-refractivity contribution in [2.75, 3.05) is 7.11 Å². The Hall–Kier alpha value is -2.26. The molecule has 0 aliphatic carbocycles. The van der Waals surface area contributed by atoms with Gasteiger partial charge < -0.3 is 14.6 Å². The molecular weight excluding hydrogens is 252 g/mol. The number of benzene rings is 2. The van der Waals surface area contributed by atoms with Gasteiger partial charge in [-0.1, -0.05) is 43.0 Å². The van der Waals surface area contributed by atoms with E-state index in [4.69, 9.17) is 9.47 Å². The molecule has 3 nitrogen and oxygen atoms in total. The molecule has 0 fully saturated rings. The van der Waals surface area contributed by atoms with Crippen LogP contribution in [0.15, 0.2) is 55.1 Å². The Balaban J connectivity index is 2.07. The highest BCUT2D eigenvalue weighted by atomic mass is 16.6. The maximum atomic E-state index is 10.0. The molecule has 2 aromatic carbocycles. The first-order valence-corrected chi connectivity index (χ1v) is 6.42. The van der Waals surface area contributed by atoms with Crippen LogP contribution in [0.5, 0.6) is 11.5 Å². The predicted octanol–water partition coefficient (Wildman–Crippen LogP) is 3.28. The van der Waals surface area contributed by atoms with Crippen LogP contribution >= 0.6 is 0 Å². The van der Waals surface area contributed by atoms with E-state index in [2.05, 4.69) is 6.58 Å². The molecule has 2 rings (SSSR count). The highest BCUT2D eigenvalue weighted by Crippen LogP contribution is 2.26. The van der Waals surface area contributed by atoms with Gasteiger partial charge in [-0.2, -0.15) is 0 Å². The zero-order chi connectivity index (χ0) is 14.4. The second-order valence-electron chi connectivity index (χ2n) is 4.37. The Labute approximate surface area is 119 Å². The quantitative estimate of drug-likeness (QED) is 0.819. The number of hydrogen-bond acceptors (Lipinski definition) is 3. The van der Waals surface area contributed by atoms with Crippen LogP contribution < -0.4 is 9.47 Å². The maximum Gasteiger partial charge on any atom is 0.201 e. The minimum atomic E-state index is -0.899. The van der Waals surface area contributed by atoms with Gasteiger partial charge in [-0.05, 0) is 23.8 Å². The van der Waals surface area contributed by atoms with E-state index in [1.807, 2.05) is 36.4 Å². The molecule has 2 aromatic rings. The number of rotatable bonds is 6. The average molecular weight is 270 g/mol. The molecule has 0 spiro atoms. The summed E-state index contributed by atoms with van der Waals surface area (Å²) in [7, 11) is 1.60.